The van der Waals surface area contributed by atoms with Crippen LogP contribution in [0.1, 0.15) is 66.7 Å². The normalized spacial score (nSPS) is 17.4. The molecule has 0 unspecified atom stereocenters. The molecule has 1 N–H and O–H groups in total. The molecule has 0 bridgehead atoms. The summed E-state index contributed by atoms with van der Waals surface area (Å²) in [6.45, 7) is 5.18. The van der Waals surface area contributed by atoms with E-state index in [0.29, 0.717) is 18.7 Å². The molecule has 3 aromatic rings. The van der Waals surface area contributed by atoms with Crippen molar-refractivity contribution in [1.82, 2.24) is 15.2 Å². The number of aromatic nitrogens is 1. The number of likely N-dealkylation sites (tertiary alicyclic amines) is 1. The lowest BCUT2D eigenvalue weighted by molar-refractivity contribution is -0.135. The highest BCUT2D eigenvalue weighted by Crippen LogP contribution is 2.36. The van der Waals surface area contributed by atoms with Crippen molar-refractivity contribution < 1.29 is 14.0 Å². The number of rotatable bonds is 4. The van der Waals surface area contributed by atoms with Crippen molar-refractivity contribution in [2.75, 3.05) is 13.1 Å². The van der Waals surface area contributed by atoms with Crippen molar-refractivity contribution in [2.45, 2.75) is 52.0 Å². The van der Waals surface area contributed by atoms with E-state index in [0.717, 1.165) is 65.4 Å². The van der Waals surface area contributed by atoms with Crippen LogP contribution in [0.15, 0.2) is 48.5 Å². The quantitative estimate of drug-likeness (QED) is 0.521. The monoisotopic (exact) mass is 485 g/mol. The first-order valence-corrected chi connectivity index (χ1v) is 12.9. The third-order valence-electron chi connectivity index (χ3n) is 7.24. The largest absolute Gasteiger partial charge is 0.349 e. The predicted octanol–water partition coefficient (Wildman–Crippen LogP) is 5.63. The number of allylic oxidation sites excluding steroid dienone is 1. The molecule has 2 amide bonds. The van der Waals surface area contributed by atoms with Crippen molar-refractivity contribution in [3.05, 3.63) is 76.7 Å². The number of hydrogen-bond donors (Lipinski definition) is 1. The summed E-state index contributed by atoms with van der Waals surface area (Å²) in [4.78, 5) is 33.0. The molecule has 0 spiro atoms. The Morgan fingerprint density at radius 3 is 2.50 bits per heavy atom. The number of nitrogens with zero attached hydrogens (tertiary/aromatic N) is 2. The standard InChI is InChI=1S/C30H32FN3O2/c1-19(2)30(36)34-16-14-23(15-17-34)32-29(35)27-24-7-3-4-9-26(24)33-28-21(6-5-8-25(27)28)18-20-10-12-22(31)13-11-20/h3-4,7,9-13,18-19,23H,5-6,8,14-17H2,1-2H3,(H,32,35)/b21-18+. The van der Waals surface area contributed by atoms with Crippen LogP contribution in [0, 0.1) is 11.7 Å². The van der Waals surface area contributed by atoms with E-state index in [1.54, 1.807) is 12.1 Å². The fourth-order valence-electron chi connectivity index (χ4n) is 5.36. The van der Waals surface area contributed by atoms with Gasteiger partial charge in [-0.3, -0.25) is 9.59 Å². The van der Waals surface area contributed by atoms with E-state index in [-0.39, 0.29) is 29.6 Å². The third kappa shape index (κ3) is 4.90. The van der Waals surface area contributed by atoms with Gasteiger partial charge in [-0.15, -0.1) is 0 Å². The minimum Gasteiger partial charge on any atom is -0.349 e. The molecular formula is C30H32FN3O2. The predicted molar refractivity (Wildman–Crippen MR) is 141 cm³/mol. The van der Waals surface area contributed by atoms with E-state index in [1.165, 1.54) is 12.1 Å². The summed E-state index contributed by atoms with van der Waals surface area (Å²) in [6.07, 6.45) is 6.14. The smallest absolute Gasteiger partial charge is 0.252 e. The summed E-state index contributed by atoms with van der Waals surface area (Å²) in [5, 5.41) is 4.14. The van der Waals surface area contributed by atoms with Gasteiger partial charge in [0.15, 0.2) is 0 Å². The van der Waals surface area contributed by atoms with Crippen molar-refractivity contribution >= 4 is 34.4 Å². The van der Waals surface area contributed by atoms with Crippen LogP contribution in [-0.4, -0.2) is 40.8 Å². The third-order valence-corrected chi connectivity index (χ3v) is 7.24. The molecule has 1 aliphatic carbocycles. The number of fused-ring (bicyclic) bond motifs is 2. The molecule has 2 aromatic carbocycles. The Kier molecular flexibility index (Phi) is 6.86. The topological polar surface area (TPSA) is 62.3 Å². The Morgan fingerprint density at radius 2 is 1.78 bits per heavy atom. The Hall–Kier alpha value is -3.54. The molecule has 36 heavy (non-hydrogen) atoms. The van der Waals surface area contributed by atoms with Gasteiger partial charge in [0.1, 0.15) is 5.82 Å². The second-order valence-electron chi connectivity index (χ2n) is 10.1. The molecular weight excluding hydrogens is 453 g/mol. The van der Waals surface area contributed by atoms with Crippen LogP contribution < -0.4 is 5.32 Å². The first-order chi connectivity index (χ1) is 17.4. The molecule has 0 radical (unpaired) electrons. The number of benzene rings is 2. The first kappa shape index (κ1) is 24.2. The summed E-state index contributed by atoms with van der Waals surface area (Å²) in [5.74, 6) is -0.164. The molecule has 1 saturated heterocycles. The number of para-hydroxylation sites is 1. The molecule has 5 rings (SSSR count). The maximum absolute atomic E-state index is 13.7. The first-order valence-electron chi connectivity index (χ1n) is 12.9. The lowest BCUT2D eigenvalue weighted by Gasteiger charge is -2.33. The minimum absolute atomic E-state index is 0.0111. The Morgan fingerprint density at radius 1 is 1.06 bits per heavy atom. The fraction of sp³-hybridized carbons (Fsp3) is 0.367. The van der Waals surface area contributed by atoms with Crippen molar-refractivity contribution in [3.8, 4) is 0 Å². The number of halogens is 1. The van der Waals surface area contributed by atoms with Gasteiger partial charge in [-0.05, 0) is 73.1 Å². The average Bonchev–Trinajstić information content (AvgIpc) is 2.89. The molecule has 1 aliphatic heterocycles. The number of carbonyl (C=O) groups is 2. The van der Waals surface area contributed by atoms with Crippen molar-refractivity contribution in [1.29, 1.82) is 0 Å². The van der Waals surface area contributed by atoms with Gasteiger partial charge in [0.25, 0.3) is 5.91 Å². The van der Waals surface area contributed by atoms with E-state index < -0.39 is 0 Å². The highest BCUT2D eigenvalue weighted by Gasteiger charge is 2.29. The fourth-order valence-corrected chi connectivity index (χ4v) is 5.36. The van der Waals surface area contributed by atoms with Crippen LogP contribution in [0.5, 0.6) is 0 Å². The Labute approximate surface area is 211 Å². The van der Waals surface area contributed by atoms with Crippen LogP contribution in [-0.2, 0) is 11.2 Å². The van der Waals surface area contributed by atoms with E-state index in [2.05, 4.69) is 11.4 Å². The van der Waals surface area contributed by atoms with Gasteiger partial charge in [0.2, 0.25) is 5.91 Å². The molecule has 2 heterocycles. The van der Waals surface area contributed by atoms with Crippen LogP contribution >= 0.6 is 0 Å². The van der Waals surface area contributed by atoms with Gasteiger partial charge < -0.3 is 10.2 Å². The minimum atomic E-state index is -0.260. The highest BCUT2D eigenvalue weighted by molar-refractivity contribution is 6.09. The zero-order valence-electron chi connectivity index (χ0n) is 20.9. The van der Waals surface area contributed by atoms with Crippen LogP contribution in [0.25, 0.3) is 22.6 Å². The van der Waals surface area contributed by atoms with Crippen LogP contribution in [0.3, 0.4) is 0 Å². The van der Waals surface area contributed by atoms with Gasteiger partial charge in [0.05, 0.1) is 16.8 Å². The number of carbonyl (C=O) groups excluding carboxylic acids is 2. The van der Waals surface area contributed by atoms with Gasteiger partial charge in [-0.25, -0.2) is 9.37 Å². The second-order valence-corrected chi connectivity index (χ2v) is 10.1. The van der Waals surface area contributed by atoms with Crippen molar-refractivity contribution in [2.24, 2.45) is 5.92 Å². The van der Waals surface area contributed by atoms with Gasteiger partial charge in [-0.2, -0.15) is 0 Å². The van der Waals surface area contributed by atoms with Crippen LogP contribution in [0.2, 0.25) is 0 Å². The summed E-state index contributed by atoms with van der Waals surface area (Å²) in [5.41, 5.74) is 5.35. The number of piperidine rings is 1. The van der Waals surface area contributed by atoms with Gasteiger partial charge >= 0.3 is 0 Å². The van der Waals surface area contributed by atoms with E-state index in [4.69, 9.17) is 4.98 Å². The molecule has 1 fully saturated rings. The number of pyridine rings is 1. The summed E-state index contributed by atoms with van der Waals surface area (Å²) in [7, 11) is 0. The van der Waals surface area contributed by atoms with E-state index in [1.807, 2.05) is 43.0 Å². The Balaban J connectivity index is 1.46. The molecule has 0 atom stereocenters. The van der Waals surface area contributed by atoms with Crippen molar-refractivity contribution in [3.63, 3.8) is 0 Å². The lowest BCUT2D eigenvalue weighted by atomic mass is 9.85. The average molecular weight is 486 g/mol. The molecule has 2 aliphatic rings. The number of nitrogens with one attached hydrogen (secondary N) is 1. The zero-order valence-corrected chi connectivity index (χ0v) is 20.9. The van der Waals surface area contributed by atoms with Gasteiger partial charge in [-0.1, -0.05) is 44.2 Å². The number of hydrogen-bond acceptors (Lipinski definition) is 3. The van der Waals surface area contributed by atoms with E-state index >= 15 is 0 Å². The summed E-state index contributed by atoms with van der Waals surface area (Å²) < 4.78 is 13.4. The van der Waals surface area contributed by atoms with Crippen LogP contribution in [0.4, 0.5) is 4.39 Å². The lowest BCUT2D eigenvalue weighted by Crippen LogP contribution is -2.47. The molecule has 186 valence electrons. The molecule has 0 saturated carbocycles. The molecule has 1 aromatic heterocycles. The number of amides is 2. The highest BCUT2D eigenvalue weighted by atomic mass is 19.1. The maximum atomic E-state index is 13.7. The summed E-state index contributed by atoms with van der Waals surface area (Å²) in [6, 6.07) is 14.3. The Bertz CT molecular complexity index is 1320. The van der Waals surface area contributed by atoms with Gasteiger partial charge in [0, 0.05) is 30.4 Å². The molecule has 6 heteroatoms. The zero-order chi connectivity index (χ0) is 25.2. The molecule has 5 nitrogen and oxygen atoms in total. The summed E-state index contributed by atoms with van der Waals surface area (Å²) >= 11 is 0. The maximum Gasteiger partial charge on any atom is 0.252 e. The second kappa shape index (κ2) is 10.2. The van der Waals surface area contributed by atoms with E-state index in [9.17, 15) is 14.0 Å². The SMILES string of the molecule is CC(C)C(=O)N1CCC(NC(=O)c2c3c(nc4ccccc24)/C(=C/c2ccc(F)cc2)CCC3)CC1.